The SMILES string of the molecule is COc1ccc(Nc2nccc(C)c2C#N)cc1. The summed E-state index contributed by atoms with van der Waals surface area (Å²) in [7, 11) is 1.62. The minimum Gasteiger partial charge on any atom is -0.497 e. The maximum absolute atomic E-state index is 9.11. The van der Waals surface area contributed by atoms with Gasteiger partial charge in [-0.25, -0.2) is 4.98 Å². The summed E-state index contributed by atoms with van der Waals surface area (Å²) in [5, 5.41) is 12.2. The van der Waals surface area contributed by atoms with Crippen molar-refractivity contribution in [1.29, 1.82) is 5.26 Å². The third kappa shape index (κ3) is 2.41. The van der Waals surface area contributed by atoms with Crippen molar-refractivity contribution in [3.05, 3.63) is 47.7 Å². The molecule has 2 aromatic rings. The number of methoxy groups -OCH3 is 1. The van der Waals surface area contributed by atoms with E-state index in [4.69, 9.17) is 10.00 Å². The zero-order valence-electron chi connectivity index (χ0n) is 10.3. The highest BCUT2D eigenvalue weighted by atomic mass is 16.5. The van der Waals surface area contributed by atoms with Crippen molar-refractivity contribution in [2.75, 3.05) is 12.4 Å². The number of hydrogen-bond donors (Lipinski definition) is 1. The van der Waals surface area contributed by atoms with E-state index in [2.05, 4.69) is 16.4 Å². The zero-order chi connectivity index (χ0) is 13.0. The topological polar surface area (TPSA) is 57.9 Å². The third-order valence-electron chi connectivity index (χ3n) is 2.62. The molecule has 0 aliphatic carbocycles. The molecule has 4 heteroatoms. The van der Waals surface area contributed by atoms with Gasteiger partial charge in [0, 0.05) is 11.9 Å². The minimum atomic E-state index is 0.563. The van der Waals surface area contributed by atoms with Crippen LogP contribution in [0.25, 0.3) is 0 Å². The van der Waals surface area contributed by atoms with Crippen LogP contribution in [0.3, 0.4) is 0 Å². The molecular formula is C14H13N3O. The van der Waals surface area contributed by atoms with E-state index in [1.165, 1.54) is 0 Å². The predicted octanol–water partition coefficient (Wildman–Crippen LogP) is 3.01. The summed E-state index contributed by atoms with van der Waals surface area (Å²) in [5.41, 5.74) is 2.34. The molecule has 0 unspecified atom stereocenters. The molecule has 1 aromatic carbocycles. The summed E-state index contributed by atoms with van der Waals surface area (Å²) in [4.78, 5) is 4.18. The number of benzene rings is 1. The average Bonchev–Trinajstić information content (AvgIpc) is 2.40. The Morgan fingerprint density at radius 1 is 1.22 bits per heavy atom. The van der Waals surface area contributed by atoms with Crippen LogP contribution in [0.15, 0.2) is 36.5 Å². The van der Waals surface area contributed by atoms with Crippen LogP contribution in [0.4, 0.5) is 11.5 Å². The van der Waals surface area contributed by atoms with Crippen LogP contribution in [0.2, 0.25) is 0 Å². The molecule has 0 bridgehead atoms. The van der Waals surface area contributed by atoms with Gasteiger partial charge in [-0.3, -0.25) is 0 Å². The number of aryl methyl sites for hydroxylation is 1. The molecule has 1 heterocycles. The number of hydrogen-bond acceptors (Lipinski definition) is 4. The first-order valence-electron chi connectivity index (χ1n) is 5.51. The highest BCUT2D eigenvalue weighted by molar-refractivity contribution is 5.64. The fraction of sp³-hybridized carbons (Fsp3) is 0.143. The lowest BCUT2D eigenvalue weighted by atomic mass is 10.1. The number of nitriles is 1. The number of nitrogens with one attached hydrogen (secondary N) is 1. The van der Waals surface area contributed by atoms with Crippen molar-refractivity contribution in [1.82, 2.24) is 4.98 Å². The van der Waals surface area contributed by atoms with Gasteiger partial charge in [0.25, 0.3) is 0 Å². The van der Waals surface area contributed by atoms with E-state index in [1.807, 2.05) is 37.3 Å². The maximum atomic E-state index is 9.11. The van der Waals surface area contributed by atoms with Gasteiger partial charge in [-0.15, -0.1) is 0 Å². The van der Waals surface area contributed by atoms with E-state index in [0.29, 0.717) is 11.4 Å². The van der Waals surface area contributed by atoms with E-state index in [0.717, 1.165) is 17.0 Å². The van der Waals surface area contributed by atoms with Gasteiger partial charge in [0.15, 0.2) is 0 Å². The number of ether oxygens (including phenoxy) is 1. The van der Waals surface area contributed by atoms with Gasteiger partial charge >= 0.3 is 0 Å². The van der Waals surface area contributed by atoms with Gasteiger partial charge in [-0.05, 0) is 42.8 Å². The Labute approximate surface area is 106 Å². The van der Waals surface area contributed by atoms with Gasteiger partial charge < -0.3 is 10.1 Å². The Morgan fingerprint density at radius 3 is 2.56 bits per heavy atom. The van der Waals surface area contributed by atoms with Crippen LogP contribution < -0.4 is 10.1 Å². The number of anilines is 2. The van der Waals surface area contributed by atoms with Gasteiger partial charge in [0.2, 0.25) is 0 Å². The minimum absolute atomic E-state index is 0.563. The first kappa shape index (κ1) is 11.9. The lowest BCUT2D eigenvalue weighted by Crippen LogP contribution is -1.98. The van der Waals surface area contributed by atoms with Crippen molar-refractivity contribution in [3.8, 4) is 11.8 Å². The second-order valence-corrected chi connectivity index (χ2v) is 3.82. The fourth-order valence-electron chi connectivity index (χ4n) is 1.61. The summed E-state index contributed by atoms with van der Waals surface area (Å²) in [6.45, 7) is 1.89. The van der Waals surface area contributed by atoms with Crippen LogP contribution in [-0.2, 0) is 0 Å². The van der Waals surface area contributed by atoms with Crippen molar-refractivity contribution >= 4 is 11.5 Å². The Bertz CT molecular complexity index is 585. The number of nitrogens with zero attached hydrogens (tertiary/aromatic N) is 2. The van der Waals surface area contributed by atoms with Crippen molar-refractivity contribution < 1.29 is 4.74 Å². The highest BCUT2D eigenvalue weighted by Gasteiger charge is 2.06. The fourth-order valence-corrected chi connectivity index (χ4v) is 1.61. The Morgan fingerprint density at radius 2 is 1.94 bits per heavy atom. The molecular weight excluding hydrogens is 226 g/mol. The first-order valence-corrected chi connectivity index (χ1v) is 5.51. The molecule has 0 spiro atoms. The summed E-state index contributed by atoms with van der Waals surface area (Å²) in [6, 6.07) is 11.4. The Kier molecular flexibility index (Phi) is 3.44. The molecule has 0 aliphatic rings. The molecule has 0 aliphatic heterocycles. The summed E-state index contributed by atoms with van der Waals surface area (Å²) >= 11 is 0. The lowest BCUT2D eigenvalue weighted by Gasteiger charge is -2.09. The first-order chi connectivity index (χ1) is 8.74. The van der Waals surface area contributed by atoms with Crippen LogP contribution in [0, 0.1) is 18.3 Å². The van der Waals surface area contributed by atoms with E-state index in [1.54, 1.807) is 13.3 Å². The molecule has 0 saturated carbocycles. The number of pyridine rings is 1. The molecule has 2 rings (SSSR count). The van der Waals surface area contributed by atoms with Crippen LogP contribution in [0.1, 0.15) is 11.1 Å². The zero-order valence-corrected chi connectivity index (χ0v) is 10.3. The van der Waals surface area contributed by atoms with E-state index >= 15 is 0 Å². The lowest BCUT2D eigenvalue weighted by molar-refractivity contribution is 0.415. The van der Waals surface area contributed by atoms with Gasteiger partial charge in [-0.2, -0.15) is 5.26 Å². The van der Waals surface area contributed by atoms with E-state index in [9.17, 15) is 0 Å². The predicted molar refractivity (Wildman–Crippen MR) is 70.0 cm³/mol. The largest absolute Gasteiger partial charge is 0.497 e. The molecule has 18 heavy (non-hydrogen) atoms. The molecule has 4 nitrogen and oxygen atoms in total. The molecule has 1 N–H and O–H groups in total. The second kappa shape index (κ2) is 5.19. The molecule has 0 fully saturated rings. The van der Waals surface area contributed by atoms with Crippen molar-refractivity contribution in [2.45, 2.75) is 6.92 Å². The maximum Gasteiger partial charge on any atom is 0.148 e. The molecule has 1 aromatic heterocycles. The van der Waals surface area contributed by atoms with Crippen LogP contribution in [0.5, 0.6) is 5.75 Å². The smallest absolute Gasteiger partial charge is 0.148 e. The van der Waals surface area contributed by atoms with Crippen LogP contribution >= 0.6 is 0 Å². The van der Waals surface area contributed by atoms with E-state index in [-0.39, 0.29) is 0 Å². The quantitative estimate of drug-likeness (QED) is 0.894. The van der Waals surface area contributed by atoms with Gasteiger partial charge in [-0.1, -0.05) is 0 Å². The third-order valence-corrected chi connectivity index (χ3v) is 2.62. The number of aromatic nitrogens is 1. The Hall–Kier alpha value is -2.54. The van der Waals surface area contributed by atoms with Gasteiger partial charge in [0.1, 0.15) is 17.6 Å². The molecule has 0 atom stereocenters. The molecule has 0 saturated heterocycles. The summed E-state index contributed by atoms with van der Waals surface area (Å²) in [5.74, 6) is 1.36. The summed E-state index contributed by atoms with van der Waals surface area (Å²) in [6.07, 6.45) is 1.68. The molecule has 0 amide bonds. The normalized spacial score (nSPS) is 9.61. The van der Waals surface area contributed by atoms with Gasteiger partial charge in [0.05, 0.1) is 12.7 Å². The van der Waals surface area contributed by atoms with Crippen molar-refractivity contribution in [2.24, 2.45) is 0 Å². The second-order valence-electron chi connectivity index (χ2n) is 3.82. The van der Waals surface area contributed by atoms with Crippen molar-refractivity contribution in [3.63, 3.8) is 0 Å². The molecule has 90 valence electrons. The van der Waals surface area contributed by atoms with Crippen LogP contribution in [-0.4, -0.2) is 12.1 Å². The number of rotatable bonds is 3. The highest BCUT2D eigenvalue weighted by Crippen LogP contribution is 2.22. The Balaban J connectivity index is 2.28. The standard InChI is InChI=1S/C14H13N3O/c1-10-7-8-16-14(13(10)9-15)17-11-3-5-12(18-2)6-4-11/h3-8H,1-2H3,(H,16,17). The average molecular weight is 239 g/mol. The van der Waals surface area contributed by atoms with E-state index < -0.39 is 0 Å². The monoisotopic (exact) mass is 239 g/mol. The summed E-state index contributed by atoms with van der Waals surface area (Å²) < 4.78 is 5.09. The molecule has 0 radical (unpaired) electrons.